The molecule has 0 fully saturated rings. The topological polar surface area (TPSA) is 128 Å². The summed E-state index contributed by atoms with van der Waals surface area (Å²) in [6.07, 6.45) is -0.391. The van der Waals surface area contributed by atoms with Gasteiger partial charge in [0.25, 0.3) is 5.69 Å². The van der Waals surface area contributed by atoms with Gasteiger partial charge in [0.15, 0.2) is 0 Å². The first kappa shape index (κ1) is 22.2. The van der Waals surface area contributed by atoms with E-state index in [9.17, 15) is 19.7 Å². The van der Waals surface area contributed by atoms with Crippen molar-refractivity contribution in [3.63, 3.8) is 0 Å². The summed E-state index contributed by atoms with van der Waals surface area (Å²) in [5, 5.41) is 20.2. The van der Waals surface area contributed by atoms with E-state index in [-0.39, 0.29) is 24.5 Å². The number of non-ortho nitro benzene ring substituents is 1. The van der Waals surface area contributed by atoms with Gasteiger partial charge in [0.2, 0.25) is 0 Å². The quantitative estimate of drug-likeness (QED) is 0.420. The minimum absolute atomic E-state index is 0.107. The second kappa shape index (κ2) is 9.42. The molecule has 1 aromatic carbocycles. The molecule has 9 heteroatoms. The lowest BCUT2D eigenvalue weighted by Crippen LogP contribution is -2.37. The van der Waals surface area contributed by atoms with Crippen molar-refractivity contribution in [2.75, 3.05) is 13.2 Å². The van der Waals surface area contributed by atoms with E-state index in [0.717, 1.165) is 0 Å². The lowest BCUT2D eigenvalue weighted by molar-refractivity contribution is -0.384. The number of aliphatic hydroxyl groups is 1. The molecule has 0 saturated carbocycles. The minimum Gasteiger partial charge on any atom is -0.462 e. The summed E-state index contributed by atoms with van der Waals surface area (Å²) < 4.78 is 10.4. The zero-order valence-electron chi connectivity index (χ0n) is 16.7. The number of carbonyl (C=O) groups is 2. The number of rotatable bonds is 7. The van der Waals surface area contributed by atoms with Crippen molar-refractivity contribution < 1.29 is 29.1 Å². The predicted octanol–water partition coefficient (Wildman–Crippen LogP) is 2.53. The van der Waals surface area contributed by atoms with Crippen LogP contribution >= 0.6 is 0 Å². The van der Waals surface area contributed by atoms with Crippen LogP contribution in [0.25, 0.3) is 0 Å². The molecule has 1 aliphatic heterocycles. The van der Waals surface area contributed by atoms with Crippen LogP contribution in [0.1, 0.15) is 39.2 Å². The zero-order chi connectivity index (χ0) is 21.7. The highest BCUT2D eigenvalue weighted by Gasteiger charge is 2.43. The molecule has 0 aromatic heterocycles. The Kier molecular flexibility index (Phi) is 7.22. The number of nitrogens with zero attached hydrogens (tertiary/aromatic N) is 2. The van der Waals surface area contributed by atoms with Crippen LogP contribution in [-0.2, 0) is 19.1 Å². The molecule has 0 amide bonds. The molecule has 29 heavy (non-hydrogen) atoms. The van der Waals surface area contributed by atoms with Gasteiger partial charge in [-0.1, -0.05) is 12.1 Å². The number of hydrogen-bond acceptors (Lipinski definition) is 8. The number of carbonyl (C=O) groups excluding carboxylic acids is 2. The largest absolute Gasteiger partial charge is 0.462 e. The molecule has 1 aliphatic rings. The van der Waals surface area contributed by atoms with Gasteiger partial charge in [0, 0.05) is 29.5 Å². The van der Waals surface area contributed by atoms with Crippen LogP contribution in [0.4, 0.5) is 5.69 Å². The molecule has 0 bridgehead atoms. The molecule has 0 radical (unpaired) electrons. The Hall–Kier alpha value is -3.07. The number of nitro benzene ring substituents is 1. The van der Waals surface area contributed by atoms with Crippen LogP contribution in [0.3, 0.4) is 0 Å². The Bertz CT molecular complexity index is 873. The maximum Gasteiger partial charge on any atom is 0.336 e. The third-order valence-electron chi connectivity index (χ3n) is 4.42. The van der Waals surface area contributed by atoms with Gasteiger partial charge in [0.1, 0.15) is 12.5 Å². The van der Waals surface area contributed by atoms with Gasteiger partial charge in [-0.2, -0.15) is 0 Å². The molecule has 156 valence electrons. The first-order valence-corrected chi connectivity index (χ1v) is 9.16. The highest BCUT2D eigenvalue weighted by Crippen LogP contribution is 2.41. The van der Waals surface area contributed by atoms with Crippen LogP contribution in [-0.4, -0.2) is 47.0 Å². The standard InChI is InChI=1S/C20H24N2O7/c1-11(2)29-20(25)17-13(4)21-12(3)16(19(24)28-9-8-23)18(17)14-6-5-7-15(10-14)22(26)27/h5-7,10-11,17-18,23H,8-9H2,1-4H3. The van der Waals surface area contributed by atoms with E-state index in [4.69, 9.17) is 14.6 Å². The Labute approximate surface area is 168 Å². The smallest absolute Gasteiger partial charge is 0.336 e. The van der Waals surface area contributed by atoms with Crippen molar-refractivity contribution >= 4 is 23.3 Å². The zero-order valence-corrected chi connectivity index (χ0v) is 16.7. The number of ether oxygens (including phenoxy) is 2. The number of aliphatic hydroxyl groups excluding tert-OH is 1. The highest BCUT2D eigenvalue weighted by atomic mass is 16.6. The number of allylic oxidation sites excluding steroid dienone is 1. The average Bonchev–Trinajstić information content (AvgIpc) is 2.64. The van der Waals surface area contributed by atoms with E-state index in [0.29, 0.717) is 17.0 Å². The monoisotopic (exact) mass is 404 g/mol. The summed E-state index contributed by atoms with van der Waals surface area (Å²) in [5.41, 5.74) is 1.11. The minimum atomic E-state index is -0.945. The van der Waals surface area contributed by atoms with E-state index in [1.165, 1.54) is 18.2 Å². The molecule has 0 spiro atoms. The van der Waals surface area contributed by atoms with E-state index < -0.39 is 34.8 Å². The molecule has 0 saturated heterocycles. The van der Waals surface area contributed by atoms with Gasteiger partial charge in [-0.05, 0) is 33.3 Å². The first-order valence-electron chi connectivity index (χ1n) is 9.16. The molecule has 2 unspecified atom stereocenters. The number of benzene rings is 1. The fraction of sp³-hybridized carbons (Fsp3) is 0.450. The maximum absolute atomic E-state index is 12.9. The average molecular weight is 404 g/mol. The molecule has 2 rings (SSSR count). The van der Waals surface area contributed by atoms with Gasteiger partial charge in [0.05, 0.1) is 23.2 Å². The Morgan fingerprint density at radius 3 is 2.59 bits per heavy atom. The third kappa shape index (κ3) is 5.05. The molecular formula is C20H24N2O7. The number of aliphatic imine (C=N–C) groups is 1. The normalized spacial score (nSPS) is 19.0. The lowest BCUT2D eigenvalue weighted by atomic mass is 9.75. The van der Waals surface area contributed by atoms with Gasteiger partial charge in [-0.25, -0.2) is 4.79 Å². The summed E-state index contributed by atoms with van der Waals surface area (Å²) in [6.45, 7) is 6.07. The van der Waals surface area contributed by atoms with Crippen LogP contribution in [0.2, 0.25) is 0 Å². The summed E-state index contributed by atoms with van der Waals surface area (Å²) >= 11 is 0. The van der Waals surface area contributed by atoms with Crippen molar-refractivity contribution in [3.05, 3.63) is 51.2 Å². The van der Waals surface area contributed by atoms with Crippen molar-refractivity contribution in [1.82, 2.24) is 0 Å². The summed E-state index contributed by atoms with van der Waals surface area (Å²) in [6, 6.07) is 5.75. The van der Waals surface area contributed by atoms with E-state index >= 15 is 0 Å². The van der Waals surface area contributed by atoms with Crippen molar-refractivity contribution in [2.45, 2.75) is 39.7 Å². The molecular weight excluding hydrogens is 380 g/mol. The van der Waals surface area contributed by atoms with Crippen molar-refractivity contribution in [1.29, 1.82) is 0 Å². The fourth-order valence-corrected chi connectivity index (χ4v) is 3.32. The molecule has 2 atom stereocenters. The molecule has 1 N–H and O–H groups in total. The van der Waals surface area contributed by atoms with E-state index in [1.54, 1.807) is 33.8 Å². The predicted molar refractivity (Wildman–Crippen MR) is 104 cm³/mol. The highest BCUT2D eigenvalue weighted by molar-refractivity contribution is 6.07. The van der Waals surface area contributed by atoms with Gasteiger partial charge in [-0.15, -0.1) is 0 Å². The SMILES string of the molecule is CC1=NC(C)=C(C(=O)OCCO)C(c2cccc([N+](=O)[O-])c2)C1C(=O)OC(C)C. The second-order valence-corrected chi connectivity index (χ2v) is 6.90. The molecule has 9 nitrogen and oxygen atoms in total. The maximum atomic E-state index is 12.9. The molecule has 1 aromatic rings. The van der Waals surface area contributed by atoms with Crippen molar-refractivity contribution in [2.24, 2.45) is 10.9 Å². The third-order valence-corrected chi connectivity index (χ3v) is 4.42. The van der Waals surface area contributed by atoms with Crippen LogP contribution < -0.4 is 0 Å². The van der Waals surface area contributed by atoms with Crippen LogP contribution in [0, 0.1) is 16.0 Å². The molecule has 0 aliphatic carbocycles. The summed E-state index contributed by atoms with van der Waals surface area (Å²) in [4.78, 5) is 40.6. The second-order valence-electron chi connectivity index (χ2n) is 6.90. The van der Waals surface area contributed by atoms with Crippen LogP contribution in [0.5, 0.6) is 0 Å². The summed E-state index contributed by atoms with van der Waals surface area (Å²) in [5.74, 6) is -3.14. The first-order chi connectivity index (χ1) is 13.7. The lowest BCUT2D eigenvalue weighted by Gasteiger charge is -2.32. The summed E-state index contributed by atoms with van der Waals surface area (Å²) in [7, 11) is 0. The number of esters is 2. The van der Waals surface area contributed by atoms with E-state index in [2.05, 4.69) is 4.99 Å². The number of hydrogen-bond donors (Lipinski definition) is 1. The van der Waals surface area contributed by atoms with Crippen molar-refractivity contribution in [3.8, 4) is 0 Å². The van der Waals surface area contributed by atoms with Crippen LogP contribution in [0.15, 0.2) is 40.5 Å². The van der Waals surface area contributed by atoms with Gasteiger partial charge < -0.3 is 14.6 Å². The Morgan fingerprint density at radius 2 is 2.00 bits per heavy atom. The fourth-order valence-electron chi connectivity index (χ4n) is 3.32. The van der Waals surface area contributed by atoms with Gasteiger partial charge >= 0.3 is 11.9 Å². The van der Waals surface area contributed by atoms with Gasteiger partial charge in [-0.3, -0.25) is 19.9 Å². The van der Waals surface area contributed by atoms with E-state index in [1.807, 2.05) is 0 Å². The Balaban J connectivity index is 2.64. The number of nitro groups is 1. The molecule has 1 heterocycles. The Morgan fingerprint density at radius 1 is 1.31 bits per heavy atom.